The number of rotatable bonds is 1. The summed E-state index contributed by atoms with van der Waals surface area (Å²) in [6.45, 7) is 2.22. The first kappa shape index (κ1) is 13.4. The third-order valence-electron chi connectivity index (χ3n) is 4.89. The number of hydrogen-bond donors (Lipinski definition) is 1. The quantitative estimate of drug-likeness (QED) is 0.544. The zero-order valence-corrected chi connectivity index (χ0v) is 13.4. The monoisotopic (exact) mass is 311 g/mol. The maximum atomic E-state index is 4.94. The third-order valence-corrected chi connectivity index (χ3v) is 4.89. The minimum absolute atomic E-state index is 0.388. The van der Waals surface area contributed by atoms with Crippen LogP contribution in [0.1, 0.15) is 12.5 Å². The predicted molar refractivity (Wildman–Crippen MR) is 98.0 cm³/mol. The van der Waals surface area contributed by atoms with E-state index in [4.69, 9.17) is 4.98 Å². The van der Waals surface area contributed by atoms with Crippen LogP contribution in [-0.2, 0) is 5.66 Å². The molecule has 1 N–H and O–H groups in total. The van der Waals surface area contributed by atoms with Crippen molar-refractivity contribution in [2.75, 3.05) is 5.32 Å². The van der Waals surface area contributed by atoms with Crippen molar-refractivity contribution in [3.8, 4) is 11.4 Å². The van der Waals surface area contributed by atoms with Crippen molar-refractivity contribution in [2.24, 2.45) is 0 Å². The second kappa shape index (κ2) is 4.71. The Morgan fingerprint density at radius 2 is 1.54 bits per heavy atom. The lowest BCUT2D eigenvalue weighted by atomic mass is 9.96. The van der Waals surface area contributed by atoms with Crippen molar-refractivity contribution >= 4 is 16.7 Å². The van der Waals surface area contributed by atoms with Gasteiger partial charge in [0.25, 0.3) is 0 Å². The summed E-state index contributed by atoms with van der Waals surface area (Å²) in [4.78, 5) is 4.94. The standard InChI is InChI=1S/C21H17N3/c1-21(15-9-3-2-4-10-15)23-17-12-6-5-11-16(17)20-22-18-13-7-8-14-19(18)24(20)21/h2-14,23H,1H3/t21-/m1/s1. The van der Waals surface area contributed by atoms with Gasteiger partial charge in [0.2, 0.25) is 0 Å². The van der Waals surface area contributed by atoms with E-state index in [2.05, 4.69) is 89.6 Å². The average molecular weight is 311 g/mol. The Hall–Kier alpha value is -3.07. The number of nitrogens with one attached hydrogen (secondary N) is 1. The van der Waals surface area contributed by atoms with Gasteiger partial charge in [-0.3, -0.25) is 4.57 Å². The van der Waals surface area contributed by atoms with Gasteiger partial charge in [-0.1, -0.05) is 54.6 Å². The summed E-state index contributed by atoms with van der Waals surface area (Å²) in [7, 11) is 0. The molecule has 0 aliphatic carbocycles. The molecule has 5 rings (SSSR count). The highest BCUT2D eigenvalue weighted by atomic mass is 15.3. The molecule has 4 aromatic rings. The van der Waals surface area contributed by atoms with E-state index < -0.39 is 0 Å². The van der Waals surface area contributed by atoms with Gasteiger partial charge in [-0.2, -0.15) is 0 Å². The molecule has 116 valence electrons. The normalized spacial score (nSPS) is 18.7. The summed E-state index contributed by atoms with van der Waals surface area (Å²) in [6, 6.07) is 27.3. The van der Waals surface area contributed by atoms with Crippen molar-refractivity contribution in [2.45, 2.75) is 12.6 Å². The van der Waals surface area contributed by atoms with Crippen molar-refractivity contribution in [1.82, 2.24) is 9.55 Å². The minimum atomic E-state index is -0.388. The number of nitrogens with zero attached hydrogens (tertiary/aromatic N) is 2. The van der Waals surface area contributed by atoms with E-state index in [0.717, 1.165) is 28.1 Å². The van der Waals surface area contributed by atoms with Crippen LogP contribution in [0.25, 0.3) is 22.4 Å². The van der Waals surface area contributed by atoms with E-state index >= 15 is 0 Å². The van der Waals surface area contributed by atoms with E-state index in [-0.39, 0.29) is 5.66 Å². The molecule has 0 bridgehead atoms. The minimum Gasteiger partial charge on any atom is -0.358 e. The summed E-state index contributed by atoms with van der Waals surface area (Å²) >= 11 is 0. The maximum Gasteiger partial charge on any atom is 0.145 e. The molecule has 3 nitrogen and oxygen atoms in total. The second-order valence-electron chi connectivity index (χ2n) is 6.37. The van der Waals surface area contributed by atoms with Crippen LogP contribution in [0.3, 0.4) is 0 Å². The highest BCUT2D eigenvalue weighted by Crippen LogP contribution is 2.43. The molecule has 3 heteroatoms. The summed E-state index contributed by atoms with van der Waals surface area (Å²) in [5.41, 5.74) is 5.24. The summed E-state index contributed by atoms with van der Waals surface area (Å²) in [5, 5.41) is 3.75. The Labute approximate surface area is 140 Å². The number of benzene rings is 3. The van der Waals surface area contributed by atoms with Crippen molar-refractivity contribution < 1.29 is 0 Å². The molecule has 2 heterocycles. The fourth-order valence-electron chi connectivity index (χ4n) is 3.73. The smallest absolute Gasteiger partial charge is 0.145 e. The lowest BCUT2D eigenvalue weighted by Gasteiger charge is -2.40. The Balaban J connectivity index is 1.91. The van der Waals surface area contributed by atoms with Crippen LogP contribution in [0.4, 0.5) is 5.69 Å². The van der Waals surface area contributed by atoms with Crippen LogP contribution < -0.4 is 5.32 Å². The van der Waals surface area contributed by atoms with Gasteiger partial charge in [-0.05, 0) is 36.8 Å². The van der Waals surface area contributed by atoms with Gasteiger partial charge in [-0.25, -0.2) is 4.98 Å². The number of fused-ring (bicyclic) bond motifs is 5. The Bertz CT molecular complexity index is 1050. The van der Waals surface area contributed by atoms with Crippen LogP contribution in [0.5, 0.6) is 0 Å². The first-order valence-electron chi connectivity index (χ1n) is 8.18. The van der Waals surface area contributed by atoms with Crippen LogP contribution in [-0.4, -0.2) is 9.55 Å². The summed E-state index contributed by atoms with van der Waals surface area (Å²) in [5.74, 6) is 1.01. The molecule has 0 fully saturated rings. The fraction of sp³-hybridized carbons (Fsp3) is 0.0952. The van der Waals surface area contributed by atoms with Crippen LogP contribution in [0.15, 0.2) is 78.9 Å². The second-order valence-corrected chi connectivity index (χ2v) is 6.37. The molecular formula is C21H17N3. The highest BCUT2D eigenvalue weighted by molar-refractivity contribution is 5.87. The number of imidazole rings is 1. The first-order chi connectivity index (χ1) is 11.8. The van der Waals surface area contributed by atoms with Crippen molar-refractivity contribution in [3.63, 3.8) is 0 Å². The summed E-state index contributed by atoms with van der Waals surface area (Å²) < 4.78 is 2.32. The first-order valence-corrected chi connectivity index (χ1v) is 8.18. The summed E-state index contributed by atoms with van der Waals surface area (Å²) in [6.07, 6.45) is 0. The van der Waals surface area contributed by atoms with Gasteiger partial charge < -0.3 is 5.32 Å². The Morgan fingerprint density at radius 1 is 0.833 bits per heavy atom. The van der Waals surface area contributed by atoms with Crippen LogP contribution in [0, 0.1) is 0 Å². The molecule has 1 aliphatic heterocycles. The van der Waals surface area contributed by atoms with Gasteiger partial charge in [0.15, 0.2) is 0 Å². The largest absolute Gasteiger partial charge is 0.358 e. The van der Waals surface area contributed by atoms with E-state index in [0.29, 0.717) is 0 Å². The van der Waals surface area contributed by atoms with Gasteiger partial charge in [0.05, 0.1) is 11.0 Å². The number of aromatic nitrogens is 2. The molecular weight excluding hydrogens is 294 g/mol. The zero-order chi connectivity index (χ0) is 16.1. The van der Waals surface area contributed by atoms with E-state index in [1.165, 1.54) is 5.56 Å². The topological polar surface area (TPSA) is 29.9 Å². The van der Waals surface area contributed by atoms with Crippen LogP contribution >= 0.6 is 0 Å². The van der Waals surface area contributed by atoms with Crippen molar-refractivity contribution in [1.29, 1.82) is 0 Å². The predicted octanol–water partition coefficient (Wildman–Crippen LogP) is 4.85. The molecule has 0 saturated carbocycles. The Morgan fingerprint density at radius 3 is 2.42 bits per heavy atom. The van der Waals surface area contributed by atoms with Gasteiger partial charge in [0.1, 0.15) is 11.5 Å². The lowest BCUT2D eigenvalue weighted by molar-refractivity contribution is 0.463. The number of hydrogen-bond acceptors (Lipinski definition) is 2. The molecule has 0 spiro atoms. The van der Waals surface area contributed by atoms with E-state index in [1.54, 1.807) is 0 Å². The molecule has 3 aromatic carbocycles. The van der Waals surface area contributed by atoms with Crippen molar-refractivity contribution in [3.05, 3.63) is 84.4 Å². The molecule has 1 aliphatic rings. The maximum absolute atomic E-state index is 4.94. The molecule has 0 saturated heterocycles. The third kappa shape index (κ3) is 1.69. The van der Waals surface area contributed by atoms with Gasteiger partial charge >= 0.3 is 0 Å². The number of para-hydroxylation sites is 3. The Kier molecular flexibility index (Phi) is 2.63. The van der Waals surface area contributed by atoms with Gasteiger partial charge in [-0.15, -0.1) is 0 Å². The van der Waals surface area contributed by atoms with E-state index in [9.17, 15) is 0 Å². The molecule has 1 atom stereocenters. The van der Waals surface area contributed by atoms with Crippen LogP contribution in [0.2, 0.25) is 0 Å². The molecule has 0 radical (unpaired) electrons. The highest BCUT2D eigenvalue weighted by Gasteiger charge is 2.37. The SMILES string of the molecule is C[C@@]1(c2ccccc2)Nc2ccccc2-c2nc3ccccc3n21. The van der Waals surface area contributed by atoms with E-state index in [1.807, 2.05) is 6.07 Å². The fourth-order valence-corrected chi connectivity index (χ4v) is 3.73. The molecule has 0 amide bonds. The lowest BCUT2D eigenvalue weighted by Crippen LogP contribution is -2.42. The number of anilines is 1. The molecule has 24 heavy (non-hydrogen) atoms. The molecule has 1 aromatic heterocycles. The molecule has 0 unspecified atom stereocenters. The average Bonchev–Trinajstić information content (AvgIpc) is 3.03. The van der Waals surface area contributed by atoms with Gasteiger partial charge in [0, 0.05) is 11.3 Å². The zero-order valence-electron chi connectivity index (χ0n) is 13.4.